The molecule has 0 aliphatic rings. The lowest BCUT2D eigenvalue weighted by molar-refractivity contribution is 0.416. The van der Waals surface area contributed by atoms with Crippen LogP contribution in [-0.4, -0.2) is 16.9 Å². The smallest absolute Gasteiger partial charge is 0.216 e. The molecule has 0 radical (unpaired) electrons. The lowest BCUT2D eigenvalue weighted by Gasteiger charge is -2.14. The number of aromatic nitrogens is 2. The minimum Gasteiger partial charge on any atom is -0.496 e. The third-order valence-electron chi connectivity index (χ3n) is 4.56. The molecule has 0 saturated heterocycles. The number of hydrogen-bond donors (Lipinski definition) is 0. The van der Waals surface area contributed by atoms with Crippen LogP contribution in [-0.2, 0) is 6.54 Å². The summed E-state index contributed by atoms with van der Waals surface area (Å²) >= 11 is 0. The summed E-state index contributed by atoms with van der Waals surface area (Å²) in [5, 5.41) is 4.96. The Hall–Kier alpha value is -3.54. The van der Waals surface area contributed by atoms with Gasteiger partial charge in [0.05, 0.1) is 19.2 Å². The minimum atomic E-state index is -0.663. The van der Waals surface area contributed by atoms with Gasteiger partial charge in [-0.2, -0.15) is 5.10 Å². The summed E-state index contributed by atoms with van der Waals surface area (Å²) in [6, 6.07) is 17.5. The Morgan fingerprint density at radius 3 is 2.54 bits per heavy atom. The summed E-state index contributed by atoms with van der Waals surface area (Å²) in [5.41, 5.74) is 1.35. The predicted molar refractivity (Wildman–Crippen MR) is 103 cm³/mol. The van der Waals surface area contributed by atoms with Gasteiger partial charge in [0, 0.05) is 22.6 Å². The van der Waals surface area contributed by atoms with Gasteiger partial charge in [-0.05, 0) is 30.3 Å². The molecule has 140 valence electrons. The number of benzene rings is 3. The van der Waals surface area contributed by atoms with E-state index < -0.39 is 11.6 Å². The first-order chi connectivity index (χ1) is 13.6. The van der Waals surface area contributed by atoms with Crippen molar-refractivity contribution in [3.05, 3.63) is 94.2 Å². The molecule has 0 amide bonds. The van der Waals surface area contributed by atoms with Crippen LogP contribution < -0.4 is 10.2 Å². The van der Waals surface area contributed by atoms with E-state index in [0.717, 1.165) is 6.07 Å². The van der Waals surface area contributed by atoms with Gasteiger partial charge in [-0.3, -0.25) is 9.48 Å². The van der Waals surface area contributed by atoms with E-state index in [1.54, 1.807) is 53.2 Å². The Labute approximate surface area is 159 Å². The molecule has 1 aromatic heterocycles. The van der Waals surface area contributed by atoms with E-state index in [0.29, 0.717) is 22.2 Å². The first-order valence-electron chi connectivity index (χ1n) is 8.65. The van der Waals surface area contributed by atoms with Crippen LogP contribution >= 0.6 is 0 Å². The molecule has 0 N–H and O–H groups in total. The minimum absolute atomic E-state index is 0.0507. The highest BCUT2D eigenvalue weighted by Gasteiger charge is 2.16. The van der Waals surface area contributed by atoms with Crippen LogP contribution in [0.15, 0.2) is 71.5 Å². The summed E-state index contributed by atoms with van der Waals surface area (Å²) in [4.78, 5) is 13.1. The second kappa shape index (κ2) is 7.23. The van der Waals surface area contributed by atoms with Crippen LogP contribution in [0.4, 0.5) is 8.78 Å². The van der Waals surface area contributed by atoms with Crippen LogP contribution in [0.1, 0.15) is 5.56 Å². The Morgan fingerprint density at radius 2 is 1.75 bits per heavy atom. The van der Waals surface area contributed by atoms with Crippen molar-refractivity contribution in [1.82, 2.24) is 9.78 Å². The average Bonchev–Trinajstić information content (AvgIpc) is 2.72. The fraction of sp³-hybridized carbons (Fsp3) is 0.0909. The third kappa shape index (κ3) is 3.13. The maximum absolute atomic E-state index is 14.2. The van der Waals surface area contributed by atoms with E-state index >= 15 is 0 Å². The van der Waals surface area contributed by atoms with Crippen molar-refractivity contribution in [1.29, 1.82) is 0 Å². The van der Waals surface area contributed by atoms with Gasteiger partial charge in [0.15, 0.2) is 0 Å². The van der Waals surface area contributed by atoms with Crippen LogP contribution in [0, 0.1) is 11.6 Å². The van der Waals surface area contributed by atoms with Gasteiger partial charge in [-0.15, -0.1) is 0 Å². The summed E-state index contributed by atoms with van der Waals surface area (Å²) in [5.74, 6) is -0.793. The molecule has 0 aliphatic heterocycles. The SMILES string of the molecule is COc1ccccc1-c1nn(Cc2ccc(F)cc2F)c2ccccc2c1=O. The lowest BCUT2D eigenvalue weighted by Crippen LogP contribution is -2.18. The molecule has 0 spiro atoms. The predicted octanol–water partition coefficient (Wildman–Crippen LogP) is 4.40. The molecule has 4 nitrogen and oxygen atoms in total. The molecule has 0 atom stereocenters. The fourth-order valence-electron chi connectivity index (χ4n) is 3.19. The van der Waals surface area contributed by atoms with Gasteiger partial charge in [-0.1, -0.05) is 30.3 Å². The Morgan fingerprint density at radius 1 is 1.00 bits per heavy atom. The molecular weight excluding hydrogens is 362 g/mol. The molecule has 0 saturated carbocycles. The van der Waals surface area contributed by atoms with Crippen LogP contribution in [0.5, 0.6) is 5.75 Å². The number of nitrogens with zero attached hydrogens (tertiary/aromatic N) is 2. The van der Waals surface area contributed by atoms with E-state index in [4.69, 9.17) is 4.74 Å². The molecule has 28 heavy (non-hydrogen) atoms. The highest BCUT2D eigenvalue weighted by atomic mass is 19.1. The monoisotopic (exact) mass is 378 g/mol. The number of para-hydroxylation sites is 2. The number of rotatable bonds is 4. The molecule has 0 bridgehead atoms. The van der Waals surface area contributed by atoms with E-state index in [1.807, 2.05) is 0 Å². The van der Waals surface area contributed by atoms with Crippen molar-refractivity contribution >= 4 is 10.9 Å². The van der Waals surface area contributed by atoms with E-state index in [1.165, 1.54) is 19.2 Å². The summed E-state index contributed by atoms with van der Waals surface area (Å²) in [7, 11) is 1.52. The third-order valence-corrected chi connectivity index (χ3v) is 4.56. The summed E-state index contributed by atoms with van der Waals surface area (Å²) < 4.78 is 34.4. The number of methoxy groups -OCH3 is 1. The second-order valence-electron chi connectivity index (χ2n) is 6.29. The van der Waals surface area contributed by atoms with Crippen LogP contribution in [0.25, 0.3) is 22.2 Å². The maximum Gasteiger partial charge on any atom is 0.216 e. The highest BCUT2D eigenvalue weighted by molar-refractivity contribution is 5.83. The average molecular weight is 378 g/mol. The zero-order valence-corrected chi connectivity index (χ0v) is 15.0. The number of halogens is 2. The Kier molecular flexibility index (Phi) is 4.61. The second-order valence-corrected chi connectivity index (χ2v) is 6.29. The normalized spacial score (nSPS) is 11.0. The Bertz CT molecular complexity index is 1230. The molecule has 0 fully saturated rings. The fourth-order valence-corrected chi connectivity index (χ4v) is 3.19. The van der Waals surface area contributed by atoms with Crippen LogP contribution in [0.3, 0.4) is 0 Å². The van der Waals surface area contributed by atoms with Crippen molar-refractivity contribution in [3.8, 4) is 17.0 Å². The topological polar surface area (TPSA) is 44.1 Å². The molecule has 0 aliphatic carbocycles. The quantitative estimate of drug-likeness (QED) is 0.529. The molecule has 0 unspecified atom stereocenters. The standard InChI is InChI=1S/C22H16F2N2O2/c1-28-20-9-5-3-7-17(20)21-22(27)16-6-2-4-8-19(16)26(25-21)13-14-10-11-15(23)12-18(14)24/h2-12H,13H2,1H3. The number of fused-ring (bicyclic) bond motifs is 1. The van der Waals surface area contributed by atoms with Crippen molar-refractivity contribution in [3.63, 3.8) is 0 Å². The molecule has 1 heterocycles. The van der Waals surface area contributed by atoms with E-state index in [-0.39, 0.29) is 23.2 Å². The summed E-state index contributed by atoms with van der Waals surface area (Å²) in [6.45, 7) is 0.0507. The lowest BCUT2D eigenvalue weighted by atomic mass is 10.1. The number of hydrogen-bond acceptors (Lipinski definition) is 3. The largest absolute Gasteiger partial charge is 0.496 e. The maximum atomic E-state index is 14.2. The van der Waals surface area contributed by atoms with Crippen molar-refractivity contribution < 1.29 is 13.5 Å². The van der Waals surface area contributed by atoms with Crippen molar-refractivity contribution in [2.75, 3.05) is 7.11 Å². The zero-order valence-electron chi connectivity index (χ0n) is 15.0. The van der Waals surface area contributed by atoms with E-state index in [9.17, 15) is 13.6 Å². The van der Waals surface area contributed by atoms with Gasteiger partial charge in [-0.25, -0.2) is 8.78 Å². The van der Waals surface area contributed by atoms with Gasteiger partial charge < -0.3 is 4.74 Å². The van der Waals surface area contributed by atoms with Gasteiger partial charge >= 0.3 is 0 Å². The molecule has 6 heteroatoms. The first kappa shape index (κ1) is 17.9. The molecule has 3 aromatic carbocycles. The number of ether oxygens (including phenoxy) is 1. The highest BCUT2D eigenvalue weighted by Crippen LogP contribution is 2.27. The molecule has 4 aromatic rings. The van der Waals surface area contributed by atoms with Crippen molar-refractivity contribution in [2.45, 2.75) is 6.54 Å². The van der Waals surface area contributed by atoms with Gasteiger partial charge in [0.1, 0.15) is 23.1 Å². The molecule has 4 rings (SSSR count). The Balaban J connectivity index is 1.96. The first-order valence-corrected chi connectivity index (χ1v) is 8.65. The molecular formula is C22H16F2N2O2. The van der Waals surface area contributed by atoms with Crippen LogP contribution in [0.2, 0.25) is 0 Å². The zero-order chi connectivity index (χ0) is 19.7. The van der Waals surface area contributed by atoms with E-state index in [2.05, 4.69) is 5.10 Å². The summed E-state index contributed by atoms with van der Waals surface area (Å²) in [6.07, 6.45) is 0. The van der Waals surface area contributed by atoms with Gasteiger partial charge in [0.25, 0.3) is 0 Å². The van der Waals surface area contributed by atoms with Gasteiger partial charge in [0.2, 0.25) is 5.43 Å². The van der Waals surface area contributed by atoms with Crippen molar-refractivity contribution in [2.24, 2.45) is 0 Å².